The summed E-state index contributed by atoms with van der Waals surface area (Å²) in [6, 6.07) is 0.341. The van der Waals surface area contributed by atoms with Crippen LogP contribution in [-0.4, -0.2) is 66.4 Å². The van der Waals surface area contributed by atoms with Crippen molar-refractivity contribution in [3.63, 3.8) is 0 Å². The van der Waals surface area contributed by atoms with Gasteiger partial charge in [0.15, 0.2) is 0 Å². The number of ether oxygens (including phenoxy) is 1. The lowest BCUT2D eigenvalue weighted by atomic mass is 10.0. The third kappa shape index (κ3) is 6.14. The van der Waals surface area contributed by atoms with Crippen LogP contribution in [0.15, 0.2) is 11.2 Å². The Morgan fingerprint density at radius 2 is 2.27 bits per heavy atom. The number of rotatable bonds is 9. The van der Waals surface area contributed by atoms with Gasteiger partial charge < -0.3 is 9.64 Å². The quantitative estimate of drug-likeness (QED) is 0.478. The van der Waals surface area contributed by atoms with Crippen molar-refractivity contribution in [1.29, 1.82) is 0 Å². The second kappa shape index (κ2) is 9.37. The number of likely N-dealkylation sites (N-methyl/N-ethyl adjacent to an activating group) is 2. The highest BCUT2D eigenvalue weighted by molar-refractivity contribution is 8.02. The SMILES string of the molecule is CCN(CC1COC(C)C1)C(C)CN(C)C(=C[N+](=O)[O-])SC. The van der Waals surface area contributed by atoms with Crippen LogP contribution in [0.25, 0.3) is 0 Å². The van der Waals surface area contributed by atoms with E-state index in [4.69, 9.17) is 4.74 Å². The first-order chi connectivity index (χ1) is 10.4. The number of hydrogen-bond acceptors (Lipinski definition) is 6. The number of nitrogens with zero attached hydrogens (tertiary/aromatic N) is 3. The summed E-state index contributed by atoms with van der Waals surface area (Å²) in [5.74, 6) is 0.594. The van der Waals surface area contributed by atoms with Crippen LogP contribution in [-0.2, 0) is 4.74 Å². The largest absolute Gasteiger partial charge is 0.378 e. The highest BCUT2D eigenvalue weighted by Gasteiger charge is 2.26. The molecule has 1 rings (SSSR count). The van der Waals surface area contributed by atoms with Gasteiger partial charge in [0.25, 0.3) is 6.20 Å². The van der Waals surface area contributed by atoms with E-state index in [-0.39, 0.29) is 4.92 Å². The molecule has 6 nitrogen and oxygen atoms in total. The average Bonchev–Trinajstić information content (AvgIpc) is 2.86. The summed E-state index contributed by atoms with van der Waals surface area (Å²) in [5, 5.41) is 11.4. The fourth-order valence-electron chi connectivity index (χ4n) is 2.98. The molecule has 0 spiro atoms. The molecule has 3 atom stereocenters. The molecule has 3 unspecified atom stereocenters. The maximum atomic E-state index is 10.7. The molecule has 1 aliphatic heterocycles. The van der Waals surface area contributed by atoms with Crippen LogP contribution in [0.4, 0.5) is 0 Å². The molecule has 0 saturated carbocycles. The molecular formula is C15H29N3O3S. The van der Waals surface area contributed by atoms with Gasteiger partial charge in [-0.1, -0.05) is 6.92 Å². The minimum absolute atomic E-state index is 0.341. The highest BCUT2D eigenvalue weighted by Crippen LogP contribution is 2.22. The average molecular weight is 331 g/mol. The Bertz CT molecular complexity index is 392. The Balaban J connectivity index is 2.56. The first-order valence-corrected chi connectivity index (χ1v) is 9.05. The lowest BCUT2D eigenvalue weighted by molar-refractivity contribution is -0.403. The summed E-state index contributed by atoms with van der Waals surface area (Å²) in [6.45, 7) is 10.1. The Hall–Kier alpha value is -0.790. The molecule has 1 fully saturated rings. The van der Waals surface area contributed by atoms with Gasteiger partial charge in [0.05, 0.1) is 17.6 Å². The van der Waals surface area contributed by atoms with Gasteiger partial charge in [0.1, 0.15) is 5.03 Å². The van der Waals surface area contributed by atoms with Gasteiger partial charge in [-0.3, -0.25) is 15.0 Å². The molecule has 1 heterocycles. The van der Waals surface area contributed by atoms with Crippen LogP contribution in [0.1, 0.15) is 27.2 Å². The van der Waals surface area contributed by atoms with Crippen molar-refractivity contribution in [3.8, 4) is 0 Å². The summed E-state index contributed by atoms with van der Waals surface area (Å²) in [6.07, 6.45) is 4.44. The first kappa shape index (κ1) is 19.3. The Labute approximate surface area is 138 Å². The predicted octanol–water partition coefficient (Wildman–Crippen LogP) is 2.49. The minimum Gasteiger partial charge on any atom is -0.378 e. The molecule has 0 aromatic heterocycles. The van der Waals surface area contributed by atoms with Crippen molar-refractivity contribution in [1.82, 2.24) is 9.80 Å². The van der Waals surface area contributed by atoms with Crippen molar-refractivity contribution in [2.75, 3.05) is 39.5 Å². The maximum Gasteiger partial charge on any atom is 0.264 e. The third-order valence-electron chi connectivity index (χ3n) is 4.14. The zero-order chi connectivity index (χ0) is 16.7. The van der Waals surface area contributed by atoms with Crippen LogP contribution in [0.2, 0.25) is 0 Å². The fourth-order valence-corrected chi connectivity index (χ4v) is 3.56. The van der Waals surface area contributed by atoms with Crippen molar-refractivity contribution in [3.05, 3.63) is 21.3 Å². The normalized spacial score (nSPS) is 23.8. The maximum absolute atomic E-state index is 10.7. The molecule has 0 bridgehead atoms. The van der Waals surface area contributed by atoms with Gasteiger partial charge in [-0.2, -0.15) is 0 Å². The van der Waals surface area contributed by atoms with Crippen LogP contribution >= 0.6 is 11.8 Å². The standard InChI is InChI=1S/C15H29N3O3S/c1-6-17(9-14-7-13(3)21-11-14)12(2)8-16(4)15(22-5)10-18(19)20/h10,12-14H,6-9,11H2,1-5H3. The van der Waals surface area contributed by atoms with E-state index in [1.54, 1.807) is 0 Å². The van der Waals surface area contributed by atoms with Gasteiger partial charge in [-0.15, -0.1) is 11.8 Å². The summed E-state index contributed by atoms with van der Waals surface area (Å²) in [4.78, 5) is 14.7. The zero-order valence-electron chi connectivity index (χ0n) is 14.3. The molecule has 0 aromatic rings. The molecule has 7 heteroatoms. The lowest BCUT2D eigenvalue weighted by Gasteiger charge is -2.33. The minimum atomic E-state index is -0.387. The summed E-state index contributed by atoms with van der Waals surface area (Å²) in [5.41, 5.74) is 0. The molecule has 0 radical (unpaired) electrons. The van der Waals surface area contributed by atoms with Crippen molar-refractivity contribution < 1.29 is 9.66 Å². The van der Waals surface area contributed by atoms with Gasteiger partial charge in [-0.05, 0) is 39.0 Å². The zero-order valence-corrected chi connectivity index (χ0v) is 15.1. The number of thioether (sulfide) groups is 1. The molecule has 128 valence electrons. The highest BCUT2D eigenvalue weighted by atomic mass is 32.2. The topological polar surface area (TPSA) is 58.8 Å². The number of nitro groups is 1. The van der Waals surface area contributed by atoms with Gasteiger partial charge in [0.2, 0.25) is 0 Å². The van der Waals surface area contributed by atoms with E-state index in [1.165, 1.54) is 11.8 Å². The van der Waals surface area contributed by atoms with E-state index in [0.717, 1.165) is 38.9 Å². The lowest BCUT2D eigenvalue weighted by Crippen LogP contribution is -2.43. The van der Waals surface area contributed by atoms with Crippen LogP contribution in [0, 0.1) is 16.0 Å². The number of hydrogen-bond donors (Lipinski definition) is 0. The van der Waals surface area contributed by atoms with Gasteiger partial charge >= 0.3 is 0 Å². The van der Waals surface area contributed by atoms with Crippen LogP contribution in [0.5, 0.6) is 0 Å². The van der Waals surface area contributed by atoms with E-state index in [1.807, 2.05) is 18.2 Å². The molecule has 1 saturated heterocycles. The second-order valence-electron chi connectivity index (χ2n) is 6.02. The van der Waals surface area contributed by atoms with E-state index < -0.39 is 0 Å². The fraction of sp³-hybridized carbons (Fsp3) is 0.867. The third-order valence-corrected chi connectivity index (χ3v) is 4.98. The molecule has 1 aliphatic rings. The van der Waals surface area contributed by atoms with E-state index in [2.05, 4.69) is 25.7 Å². The molecule has 0 N–H and O–H groups in total. The van der Waals surface area contributed by atoms with Crippen molar-refractivity contribution >= 4 is 11.8 Å². The molecule has 0 aromatic carbocycles. The molecule has 22 heavy (non-hydrogen) atoms. The van der Waals surface area contributed by atoms with E-state index in [9.17, 15) is 10.1 Å². The van der Waals surface area contributed by atoms with E-state index in [0.29, 0.717) is 23.1 Å². The molecule has 0 aliphatic carbocycles. The van der Waals surface area contributed by atoms with E-state index >= 15 is 0 Å². The predicted molar refractivity (Wildman–Crippen MR) is 91.5 cm³/mol. The summed E-state index contributed by atoms with van der Waals surface area (Å²) < 4.78 is 5.65. The smallest absolute Gasteiger partial charge is 0.264 e. The first-order valence-electron chi connectivity index (χ1n) is 7.83. The van der Waals surface area contributed by atoms with Gasteiger partial charge in [-0.25, -0.2) is 0 Å². The summed E-state index contributed by atoms with van der Waals surface area (Å²) in [7, 11) is 1.91. The summed E-state index contributed by atoms with van der Waals surface area (Å²) >= 11 is 1.41. The van der Waals surface area contributed by atoms with Crippen molar-refractivity contribution in [2.24, 2.45) is 5.92 Å². The molecule has 0 amide bonds. The van der Waals surface area contributed by atoms with Gasteiger partial charge in [0, 0.05) is 26.2 Å². The van der Waals surface area contributed by atoms with Crippen LogP contribution in [0.3, 0.4) is 0 Å². The van der Waals surface area contributed by atoms with Crippen LogP contribution < -0.4 is 0 Å². The Morgan fingerprint density at radius 3 is 2.73 bits per heavy atom. The Kier molecular flexibility index (Phi) is 8.20. The monoisotopic (exact) mass is 331 g/mol. The molecular weight excluding hydrogens is 302 g/mol. The Morgan fingerprint density at radius 1 is 1.59 bits per heavy atom. The van der Waals surface area contributed by atoms with Crippen molar-refractivity contribution in [2.45, 2.75) is 39.3 Å². The second-order valence-corrected chi connectivity index (χ2v) is 6.85.